The topological polar surface area (TPSA) is 66.2 Å². The Hall–Kier alpha value is -3.92. The average Bonchev–Trinajstić information content (AvgIpc) is 2.75. The first-order chi connectivity index (χ1) is 13.7. The van der Waals surface area contributed by atoms with E-state index in [9.17, 15) is 10.2 Å². The van der Waals surface area contributed by atoms with Crippen molar-refractivity contribution in [2.75, 3.05) is 0 Å². The first-order valence-corrected chi connectivity index (χ1v) is 8.89. The molecule has 0 aliphatic heterocycles. The molecule has 0 aliphatic rings. The third-order valence-electron chi connectivity index (χ3n) is 4.44. The van der Waals surface area contributed by atoms with Crippen LogP contribution in [0.3, 0.4) is 0 Å². The van der Waals surface area contributed by atoms with Crippen LogP contribution in [-0.2, 0) is 0 Å². The molecule has 0 saturated carbocycles. The largest absolute Gasteiger partial charge is 0.507 e. The van der Waals surface area contributed by atoms with Crippen molar-refractivity contribution >= 4 is 21.8 Å². The highest BCUT2D eigenvalue weighted by Gasteiger charge is 2.06. The summed E-state index contributed by atoms with van der Waals surface area (Å²) in [6, 6.07) is 26.0. The standard InChI is InChI=1S/C12H8N2.C12H10O2/c1-3-9-5-6-10-4-2-8-14-12(10)11(9)13-7-1;13-11-7-3-1-5-9(11)10-6-2-4-8-12(10)14/h1-8H;1-8,13-14H. The molecule has 5 rings (SSSR count). The van der Waals surface area contributed by atoms with Gasteiger partial charge >= 0.3 is 0 Å². The molecular formula is C24H18N2O2. The molecular weight excluding hydrogens is 348 g/mol. The zero-order chi connectivity index (χ0) is 19.3. The Kier molecular flexibility index (Phi) is 4.85. The van der Waals surface area contributed by atoms with E-state index in [0.29, 0.717) is 11.1 Å². The fourth-order valence-electron chi connectivity index (χ4n) is 3.08. The van der Waals surface area contributed by atoms with Crippen molar-refractivity contribution < 1.29 is 10.2 Å². The molecule has 28 heavy (non-hydrogen) atoms. The van der Waals surface area contributed by atoms with Gasteiger partial charge in [-0.3, -0.25) is 9.97 Å². The Morgan fingerprint density at radius 2 is 0.893 bits per heavy atom. The highest BCUT2D eigenvalue weighted by Crippen LogP contribution is 2.34. The first kappa shape index (κ1) is 17.5. The summed E-state index contributed by atoms with van der Waals surface area (Å²) >= 11 is 0. The molecule has 0 amide bonds. The highest BCUT2D eigenvalue weighted by atomic mass is 16.3. The average molecular weight is 366 g/mol. The lowest BCUT2D eigenvalue weighted by atomic mass is 10.0. The molecule has 0 saturated heterocycles. The molecule has 0 unspecified atom stereocenters. The summed E-state index contributed by atoms with van der Waals surface area (Å²) in [5.41, 5.74) is 3.24. The lowest BCUT2D eigenvalue weighted by Gasteiger charge is -2.05. The number of aromatic nitrogens is 2. The summed E-state index contributed by atoms with van der Waals surface area (Å²) in [6.45, 7) is 0. The third kappa shape index (κ3) is 3.48. The van der Waals surface area contributed by atoms with E-state index < -0.39 is 0 Å². The van der Waals surface area contributed by atoms with Crippen LogP contribution in [0.15, 0.2) is 97.3 Å². The van der Waals surface area contributed by atoms with Crippen LogP contribution in [0.4, 0.5) is 0 Å². The Bertz CT molecular complexity index is 1150. The molecule has 0 spiro atoms. The maximum Gasteiger partial charge on any atom is 0.123 e. The van der Waals surface area contributed by atoms with Crippen LogP contribution in [0.25, 0.3) is 32.9 Å². The number of rotatable bonds is 1. The van der Waals surface area contributed by atoms with Gasteiger partial charge < -0.3 is 10.2 Å². The maximum atomic E-state index is 9.58. The zero-order valence-electron chi connectivity index (χ0n) is 15.0. The SMILES string of the molecule is Oc1ccccc1-c1ccccc1O.c1cnc2c(c1)ccc1cccnc12. The van der Waals surface area contributed by atoms with Crippen LogP contribution in [0.5, 0.6) is 11.5 Å². The molecule has 2 N–H and O–H groups in total. The number of nitrogens with zero attached hydrogens (tertiary/aromatic N) is 2. The molecule has 4 heteroatoms. The summed E-state index contributed by atoms with van der Waals surface area (Å²) in [7, 11) is 0. The third-order valence-corrected chi connectivity index (χ3v) is 4.44. The van der Waals surface area contributed by atoms with E-state index in [1.165, 1.54) is 0 Å². The Morgan fingerprint density at radius 3 is 1.32 bits per heavy atom. The molecule has 0 aliphatic carbocycles. The predicted molar refractivity (Wildman–Crippen MR) is 112 cm³/mol. The van der Waals surface area contributed by atoms with Gasteiger partial charge in [-0.15, -0.1) is 0 Å². The van der Waals surface area contributed by atoms with Gasteiger partial charge in [0.15, 0.2) is 0 Å². The second-order valence-corrected chi connectivity index (χ2v) is 6.25. The predicted octanol–water partition coefficient (Wildman–Crippen LogP) is 5.55. The number of phenols is 2. The van der Waals surface area contributed by atoms with Gasteiger partial charge in [-0.05, 0) is 24.3 Å². The van der Waals surface area contributed by atoms with Crippen LogP contribution >= 0.6 is 0 Å². The van der Waals surface area contributed by atoms with E-state index in [-0.39, 0.29) is 11.5 Å². The van der Waals surface area contributed by atoms with E-state index >= 15 is 0 Å². The van der Waals surface area contributed by atoms with Crippen LogP contribution in [0.2, 0.25) is 0 Å². The Labute approximate surface area is 162 Å². The molecule has 0 radical (unpaired) electrons. The minimum Gasteiger partial charge on any atom is -0.507 e. The molecule has 2 heterocycles. The number of benzene rings is 3. The molecule has 4 nitrogen and oxygen atoms in total. The van der Waals surface area contributed by atoms with Crippen molar-refractivity contribution in [2.45, 2.75) is 0 Å². The Morgan fingerprint density at radius 1 is 0.464 bits per heavy atom. The van der Waals surface area contributed by atoms with Crippen molar-refractivity contribution in [3.8, 4) is 22.6 Å². The van der Waals surface area contributed by atoms with Gasteiger partial charge in [0.2, 0.25) is 0 Å². The molecule has 2 aromatic heterocycles. The van der Waals surface area contributed by atoms with Crippen molar-refractivity contribution in [3.05, 3.63) is 97.3 Å². The van der Waals surface area contributed by atoms with E-state index in [1.807, 2.05) is 24.3 Å². The molecule has 0 bridgehead atoms. The monoisotopic (exact) mass is 366 g/mol. The number of aromatic hydroxyl groups is 2. The van der Waals surface area contributed by atoms with Crippen LogP contribution in [-0.4, -0.2) is 20.2 Å². The van der Waals surface area contributed by atoms with Crippen molar-refractivity contribution in [1.29, 1.82) is 0 Å². The summed E-state index contributed by atoms with van der Waals surface area (Å²) in [4.78, 5) is 8.69. The quantitative estimate of drug-likeness (QED) is 0.382. The summed E-state index contributed by atoms with van der Waals surface area (Å²) in [5, 5.41) is 21.4. The van der Waals surface area contributed by atoms with Gasteiger partial charge in [-0.2, -0.15) is 0 Å². The highest BCUT2D eigenvalue weighted by molar-refractivity contribution is 6.02. The zero-order valence-corrected chi connectivity index (χ0v) is 15.0. The number of para-hydroxylation sites is 2. The van der Waals surface area contributed by atoms with Crippen molar-refractivity contribution in [3.63, 3.8) is 0 Å². The number of pyridine rings is 2. The smallest absolute Gasteiger partial charge is 0.123 e. The van der Waals surface area contributed by atoms with E-state index in [4.69, 9.17) is 0 Å². The van der Waals surface area contributed by atoms with Crippen molar-refractivity contribution in [2.24, 2.45) is 0 Å². The number of phenolic OH excluding ortho intramolecular Hbond substituents is 2. The van der Waals surface area contributed by atoms with Gasteiger partial charge in [0.1, 0.15) is 11.5 Å². The number of fused-ring (bicyclic) bond motifs is 3. The molecule has 3 aromatic carbocycles. The van der Waals surface area contributed by atoms with Crippen molar-refractivity contribution in [1.82, 2.24) is 9.97 Å². The minimum absolute atomic E-state index is 0.175. The van der Waals surface area contributed by atoms with Crippen LogP contribution in [0, 0.1) is 0 Å². The van der Waals surface area contributed by atoms with Gasteiger partial charge in [-0.25, -0.2) is 0 Å². The normalized spacial score (nSPS) is 10.4. The van der Waals surface area contributed by atoms with E-state index in [0.717, 1.165) is 21.8 Å². The second-order valence-electron chi connectivity index (χ2n) is 6.25. The Balaban J connectivity index is 0.000000137. The lowest BCUT2D eigenvalue weighted by Crippen LogP contribution is -1.83. The first-order valence-electron chi connectivity index (χ1n) is 8.89. The summed E-state index contributed by atoms with van der Waals surface area (Å²) in [5.74, 6) is 0.350. The van der Waals surface area contributed by atoms with E-state index in [1.54, 1.807) is 48.8 Å². The minimum atomic E-state index is 0.175. The van der Waals surface area contributed by atoms with Gasteiger partial charge in [0.05, 0.1) is 11.0 Å². The van der Waals surface area contributed by atoms with Crippen LogP contribution in [0.1, 0.15) is 0 Å². The molecule has 0 atom stereocenters. The number of hydrogen-bond acceptors (Lipinski definition) is 4. The lowest BCUT2D eigenvalue weighted by molar-refractivity contribution is 0.469. The molecule has 136 valence electrons. The fourth-order valence-corrected chi connectivity index (χ4v) is 3.08. The maximum absolute atomic E-state index is 9.58. The van der Waals surface area contributed by atoms with Gasteiger partial charge in [0.25, 0.3) is 0 Å². The van der Waals surface area contributed by atoms with Gasteiger partial charge in [0, 0.05) is 34.3 Å². The fraction of sp³-hybridized carbons (Fsp3) is 0. The van der Waals surface area contributed by atoms with E-state index in [2.05, 4.69) is 34.2 Å². The van der Waals surface area contributed by atoms with Gasteiger partial charge in [-0.1, -0.05) is 60.7 Å². The second kappa shape index (κ2) is 7.76. The van der Waals surface area contributed by atoms with Crippen LogP contribution < -0.4 is 0 Å². The summed E-state index contributed by atoms with van der Waals surface area (Å²) in [6.07, 6.45) is 3.60. The number of hydrogen-bond donors (Lipinski definition) is 2. The summed E-state index contributed by atoms with van der Waals surface area (Å²) < 4.78 is 0. The molecule has 5 aromatic rings. The molecule has 0 fully saturated rings.